The summed E-state index contributed by atoms with van der Waals surface area (Å²) in [5, 5.41) is 7.32. The number of thiazole rings is 1. The smallest absolute Gasteiger partial charge is 0.113 e. The highest BCUT2D eigenvalue weighted by Crippen LogP contribution is 2.27. The third kappa shape index (κ3) is 3.46. The molecular weight excluding hydrogens is 303 g/mol. The maximum atomic E-state index is 5.88. The fourth-order valence-corrected chi connectivity index (χ4v) is 2.94. The fourth-order valence-electron chi connectivity index (χ4n) is 1.92. The molecule has 0 amide bonds. The number of benzene rings is 1. The number of morpholine rings is 1. The molecule has 1 aromatic carbocycles. The maximum absolute atomic E-state index is 5.88. The first-order valence-electron chi connectivity index (χ1n) is 5.85. The van der Waals surface area contributed by atoms with Crippen LogP contribution in [0.5, 0.6) is 0 Å². The number of nitrogens with one attached hydrogen (secondary N) is 1. The molecule has 3 nitrogen and oxygen atoms in total. The third-order valence-electron chi connectivity index (χ3n) is 2.88. The number of aromatic nitrogens is 1. The standard InChI is InChI=1S/C13H13ClN2OS.ClH/c14-10-3-1-9(2-4-10)12-8-18-13(16-12)11-7-17-6-5-15-11;/h1-4,8,11,15H,5-7H2;1H. The Balaban J connectivity index is 0.00000133. The molecule has 1 aliphatic rings. The van der Waals surface area contributed by atoms with Crippen molar-refractivity contribution in [3.63, 3.8) is 0 Å². The summed E-state index contributed by atoms with van der Waals surface area (Å²) in [7, 11) is 0. The highest BCUT2D eigenvalue weighted by atomic mass is 35.5. The minimum atomic E-state index is 0. The van der Waals surface area contributed by atoms with E-state index in [0.717, 1.165) is 34.4 Å². The zero-order chi connectivity index (χ0) is 12.4. The predicted octanol–water partition coefficient (Wildman–Crippen LogP) is 3.55. The van der Waals surface area contributed by atoms with Gasteiger partial charge in [0.15, 0.2) is 0 Å². The highest BCUT2D eigenvalue weighted by Gasteiger charge is 2.18. The Bertz CT molecular complexity index is 524. The van der Waals surface area contributed by atoms with Crippen molar-refractivity contribution in [1.29, 1.82) is 0 Å². The molecule has 2 aromatic rings. The van der Waals surface area contributed by atoms with Gasteiger partial charge in [-0.25, -0.2) is 4.98 Å². The number of hydrogen-bond donors (Lipinski definition) is 1. The van der Waals surface area contributed by atoms with Crippen LogP contribution in [0.2, 0.25) is 5.02 Å². The van der Waals surface area contributed by atoms with Gasteiger partial charge in [0.25, 0.3) is 0 Å². The molecule has 0 radical (unpaired) electrons. The summed E-state index contributed by atoms with van der Waals surface area (Å²) in [6.07, 6.45) is 0. The second-order valence-corrected chi connectivity index (χ2v) is 5.49. The van der Waals surface area contributed by atoms with Crippen molar-refractivity contribution in [2.75, 3.05) is 19.8 Å². The van der Waals surface area contributed by atoms with Crippen molar-refractivity contribution in [2.45, 2.75) is 6.04 Å². The molecule has 1 aromatic heterocycles. The molecule has 1 unspecified atom stereocenters. The minimum absolute atomic E-state index is 0. The van der Waals surface area contributed by atoms with E-state index in [2.05, 4.69) is 15.7 Å². The van der Waals surface area contributed by atoms with Crippen LogP contribution in [-0.4, -0.2) is 24.7 Å². The van der Waals surface area contributed by atoms with Crippen molar-refractivity contribution in [1.82, 2.24) is 10.3 Å². The molecule has 1 saturated heterocycles. The molecular formula is C13H14Cl2N2OS. The molecule has 1 atom stereocenters. The van der Waals surface area contributed by atoms with Crippen LogP contribution in [0.4, 0.5) is 0 Å². The average molecular weight is 317 g/mol. The van der Waals surface area contributed by atoms with Crippen LogP contribution >= 0.6 is 35.3 Å². The lowest BCUT2D eigenvalue weighted by Crippen LogP contribution is -2.34. The van der Waals surface area contributed by atoms with E-state index in [9.17, 15) is 0 Å². The van der Waals surface area contributed by atoms with E-state index in [-0.39, 0.29) is 18.4 Å². The van der Waals surface area contributed by atoms with Gasteiger partial charge in [0.05, 0.1) is 24.9 Å². The van der Waals surface area contributed by atoms with E-state index >= 15 is 0 Å². The van der Waals surface area contributed by atoms with Gasteiger partial charge < -0.3 is 10.1 Å². The van der Waals surface area contributed by atoms with Crippen molar-refractivity contribution in [3.05, 3.63) is 39.7 Å². The molecule has 1 aliphatic heterocycles. The van der Waals surface area contributed by atoms with Crippen LogP contribution in [-0.2, 0) is 4.74 Å². The minimum Gasteiger partial charge on any atom is -0.378 e. The van der Waals surface area contributed by atoms with Crippen LogP contribution in [0.3, 0.4) is 0 Å². The van der Waals surface area contributed by atoms with E-state index < -0.39 is 0 Å². The van der Waals surface area contributed by atoms with Gasteiger partial charge in [0.2, 0.25) is 0 Å². The first-order chi connectivity index (χ1) is 8.83. The van der Waals surface area contributed by atoms with Gasteiger partial charge in [0, 0.05) is 22.5 Å². The highest BCUT2D eigenvalue weighted by molar-refractivity contribution is 7.10. The molecule has 0 saturated carbocycles. The SMILES string of the molecule is Cl.Clc1ccc(-c2csc(C3COCCN3)n2)cc1. The van der Waals surface area contributed by atoms with Crippen LogP contribution in [0.25, 0.3) is 11.3 Å². The van der Waals surface area contributed by atoms with E-state index in [4.69, 9.17) is 16.3 Å². The number of rotatable bonds is 2. The summed E-state index contributed by atoms with van der Waals surface area (Å²) in [6.45, 7) is 2.38. The first-order valence-corrected chi connectivity index (χ1v) is 7.11. The second-order valence-electron chi connectivity index (χ2n) is 4.16. The molecule has 0 aliphatic carbocycles. The molecule has 0 spiro atoms. The third-order valence-corrected chi connectivity index (χ3v) is 4.09. The zero-order valence-corrected chi connectivity index (χ0v) is 12.5. The van der Waals surface area contributed by atoms with Gasteiger partial charge in [0.1, 0.15) is 5.01 Å². The normalized spacial score (nSPS) is 18.9. The van der Waals surface area contributed by atoms with Gasteiger partial charge in [-0.05, 0) is 12.1 Å². The maximum Gasteiger partial charge on any atom is 0.113 e. The van der Waals surface area contributed by atoms with E-state index in [1.807, 2.05) is 24.3 Å². The molecule has 1 fully saturated rings. The molecule has 1 N–H and O–H groups in total. The van der Waals surface area contributed by atoms with Gasteiger partial charge in [-0.1, -0.05) is 23.7 Å². The van der Waals surface area contributed by atoms with Crippen molar-refractivity contribution in [3.8, 4) is 11.3 Å². The number of hydrogen-bond acceptors (Lipinski definition) is 4. The van der Waals surface area contributed by atoms with Gasteiger partial charge in [-0.15, -0.1) is 23.7 Å². The van der Waals surface area contributed by atoms with E-state index in [1.54, 1.807) is 11.3 Å². The largest absolute Gasteiger partial charge is 0.378 e. The van der Waals surface area contributed by atoms with E-state index in [0.29, 0.717) is 6.61 Å². The summed E-state index contributed by atoms with van der Waals surface area (Å²) in [5.74, 6) is 0. The molecule has 3 rings (SSSR count). The van der Waals surface area contributed by atoms with Crippen LogP contribution in [0.1, 0.15) is 11.0 Å². The lowest BCUT2D eigenvalue weighted by Gasteiger charge is -2.21. The Hall–Kier alpha value is -0.650. The summed E-state index contributed by atoms with van der Waals surface area (Å²) in [5.41, 5.74) is 2.10. The Morgan fingerprint density at radius 3 is 2.79 bits per heavy atom. The summed E-state index contributed by atoms with van der Waals surface area (Å²) >= 11 is 7.55. The number of ether oxygens (including phenoxy) is 1. The Morgan fingerprint density at radius 2 is 2.11 bits per heavy atom. The Morgan fingerprint density at radius 1 is 1.32 bits per heavy atom. The molecule has 6 heteroatoms. The van der Waals surface area contributed by atoms with Crippen LogP contribution < -0.4 is 5.32 Å². The summed E-state index contributed by atoms with van der Waals surface area (Å²) in [4.78, 5) is 4.67. The predicted molar refractivity (Wildman–Crippen MR) is 81.4 cm³/mol. The molecule has 2 heterocycles. The summed E-state index contributed by atoms with van der Waals surface area (Å²) < 4.78 is 5.45. The van der Waals surface area contributed by atoms with Gasteiger partial charge >= 0.3 is 0 Å². The quantitative estimate of drug-likeness (QED) is 0.920. The van der Waals surface area contributed by atoms with Crippen LogP contribution in [0, 0.1) is 0 Å². The first kappa shape index (κ1) is 14.8. The number of nitrogens with zero attached hydrogens (tertiary/aromatic N) is 1. The number of halogens is 2. The average Bonchev–Trinajstić information content (AvgIpc) is 2.90. The van der Waals surface area contributed by atoms with E-state index in [1.165, 1.54) is 0 Å². The molecule has 102 valence electrons. The van der Waals surface area contributed by atoms with Gasteiger partial charge in [-0.2, -0.15) is 0 Å². The van der Waals surface area contributed by atoms with Crippen molar-refractivity contribution >= 4 is 35.3 Å². The lowest BCUT2D eigenvalue weighted by atomic mass is 10.2. The van der Waals surface area contributed by atoms with Gasteiger partial charge in [-0.3, -0.25) is 0 Å². The van der Waals surface area contributed by atoms with Crippen molar-refractivity contribution < 1.29 is 4.74 Å². The Labute approximate surface area is 127 Å². The second kappa shape index (κ2) is 6.68. The van der Waals surface area contributed by atoms with Crippen molar-refractivity contribution in [2.24, 2.45) is 0 Å². The lowest BCUT2D eigenvalue weighted by molar-refractivity contribution is 0.0768. The Kier molecular flexibility index (Phi) is 5.19. The fraction of sp³-hybridized carbons (Fsp3) is 0.308. The summed E-state index contributed by atoms with van der Waals surface area (Å²) in [6, 6.07) is 7.98. The molecule has 0 bridgehead atoms. The monoisotopic (exact) mass is 316 g/mol. The topological polar surface area (TPSA) is 34.1 Å². The molecule has 19 heavy (non-hydrogen) atoms. The zero-order valence-electron chi connectivity index (χ0n) is 10.1. The van der Waals surface area contributed by atoms with Crippen LogP contribution in [0.15, 0.2) is 29.6 Å².